The molecule has 0 bridgehead atoms. The quantitative estimate of drug-likeness (QED) is 0.791. The minimum Gasteiger partial charge on any atom is -0.366 e. The van der Waals surface area contributed by atoms with Crippen molar-refractivity contribution in [1.29, 1.82) is 0 Å². The molecule has 1 aliphatic heterocycles. The van der Waals surface area contributed by atoms with Crippen LogP contribution < -0.4 is 5.32 Å². The van der Waals surface area contributed by atoms with Gasteiger partial charge in [0.25, 0.3) is 0 Å². The molecule has 4 heteroatoms. The van der Waals surface area contributed by atoms with Gasteiger partial charge in [-0.3, -0.25) is 9.59 Å². The van der Waals surface area contributed by atoms with Crippen molar-refractivity contribution in [3.8, 4) is 0 Å². The van der Waals surface area contributed by atoms with Gasteiger partial charge in [0.1, 0.15) is 6.61 Å². The van der Waals surface area contributed by atoms with Crippen molar-refractivity contribution in [2.75, 3.05) is 13.2 Å². The summed E-state index contributed by atoms with van der Waals surface area (Å²) in [5, 5.41) is 2.75. The van der Waals surface area contributed by atoms with Crippen molar-refractivity contribution >= 4 is 11.7 Å². The Balaban J connectivity index is 2.08. The van der Waals surface area contributed by atoms with Crippen LogP contribution in [0, 0.1) is 0 Å². The zero-order chi connectivity index (χ0) is 12.3. The lowest BCUT2D eigenvalue weighted by Crippen LogP contribution is -2.43. The minimum absolute atomic E-state index is 0.0480. The van der Waals surface area contributed by atoms with Gasteiger partial charge in [0.05, 0.1) is 6.10 Å². The Morgan fingerprint density at radius 2 is 2.24 bits per heavy atom. The second-order valence-corrected chi connectivity index (χ2v) is 4.15. The zero-order valence-electron chi connectivity index (χ0n) is 9.73. The molecule has 1 fully saturated rings. The SMILES string of the molecule is CC(=O)c1ccccc1CC1CNC(=O)CO1. The average molecular weight is 233 g/mol. The van der Waals surface area contributed by atoms with E-state index in [0.717, 1.165) is 11.1 Å². The number of carbonyl (C=O) groups excluding carboxylic acids is 2. The molecule has 0 saturated carbocycles. The molecule has 1 atom stereocenters. The molecule has 1 N–H and O–H groups in total. The van der Waals surface area contributed by atoms with E-state index in [0.29, 0.717) is 13.0 Å². The van der Waals surface area contributed by atoms with Gasteiger partial charge in [-0.1, -0.05) is 24.3 Å². The van der Waals surface area contributed by atoms with Crippen LogP contribution >= 0.6 is 0 Å². The van der Waals surface area contributed by atoms with Crippen LogP contribution in [-0.4, -0.2) is 30.9 Å². The van der Waals surface area contributed by atoms with Crippen LogP contribution in [0.2, 0.25) is 0 Å². The first-order valence-electron chi connectivity index (χ1n) is 5.64. The van der Waals surface area contributed by atoms with E-state index in [1.165, 1.54) is 0 Å². The predicted octanol–water partition coefficient (Wildman–Crippen LogP) is 0.947. The van der Waals surface area contributed by atoms with Crippen molar-refractivity contribution in [3.63, 3.8) is 0 Å². The maximum Gasteiger partial charge on any atom is 0.246 e. The van der Waals surface area contributed by atoms with E-state index in [9.17, 15) is 9.59 Å². The fraction of sp³-hybridized carbons (Fsp3) is 0.385. The highest BCUT2D eigenvalue weighted by Gasteiger charge is 2.20. The average Bonchev–Trinajstić information content (AvgIpc) is 2.32. The molecule has 1 aromatic carbocycles. The third kappa shape index (κ3) is 2.91. The number of morpholine rings is 1. The molecule has 1 saturated heterocycles. The molecule has 1 unspecified atom stereocenters. The molecule has 0 radical (unpaired) electrons. The van der Waals surface area contributed by atoms with Crippen molar-refractivity contribution < 1.29 is 14.3 Å². The summed E-state index contributed by atoms with van der Waals surface area (Å²) >= 11 is 0. The number of Topliss-reactive ketones (excluding diaryl/α,β-unsaturated/α-hetero) is 1. The van der Waals surface area contributed by atoms with Crippen molar-refractivity contribution in [2.45, 2.75) is 19.4 Å². The smallest absolute Gasteiger partial charge is 0.246 e. The highest BCUT2D eigenvalue weighted by Crippen LogP contribution is 2.14. The van der Waals surface area contributed by atoms with Crippen LogP contribution in [0.25, 0.3) is 0 Å². The Morgan fingerprint density at radius 3 is 2.88 bits per heavy atom. The summed E-state index contributed by atoms with van der Waals surface area (Å²) in [6.07, 6.45) is 0.601. The third-order valence-electron chi connectivity index (χ3n) is 2.82. The number of benzene rings is 1. The predicted molar refractivity (Wildman–Crippen MR) is 62.9 cm³/mol. The Morgan fingerprint density at radius 1 is 1.47 bits per heavy atom. The standard InChI is InChI=1S/C13H15NO3/c1-9(15)12-5-3-2-4-10(12)6-11-7-14-13(16)8-17-11/h2-5,11H,6-8H2,1H3,(H,14,16). The normalized spacial score (nSPS) is 19.8. The van der Waals surface area contributed by atoms with Gasteiger partial charge in [0.2, 0.25) is 5.91 Å². The van der Waals surface area contributed by atoms with Gasteiger partial charge in [-0.25, -0.2) is 0 Å². The molecule has 17 heavy (non-hydrogen) atoms. The number of carbonyl (C=O) groups is 2. The number of hydrogen-bond acceptors (Lipinski definition) is 3. The molecule has 2 rings (SSSR count). The highest BCUT2D eigenvalue weighted by atomic mass is 16.5. The zero-order valence-corrected chi connectivity index (χ0v) is 9.73. The van der Waals surface area contributed by atoms with Crippen molar-refractivity contribution in [1.82, 2.24) is 5.32 Å². The number of ketones is 1. The van der Waals surface area contributed by atoms with Gasteiger partial charge in [0, 0.05) is 18.5 Å². The summed E-state index contributed by atoms with van der Waals surface area (Å²) in [7, 11) is 0. The summed E-state index contributed by atoms with van der Waals surface area (Å²) in [5.74, 6) is -0.0263. The topological polar surface area (TPSA) is 55.4 Å². The Labute approximate surface area is 100.0 Å². The summed E-state index contributed by atoms with van der Waals surface area (Å²) in [6, 6.07) is 7.50. The lowest BCUT2D eigenvalue weighted by molar-refractivity contribution is -0.133. The van der Waals surface area contributed by atoms with Crippen LogP contribution in [0.15, 0.2) is 24.3 Å². The van der Waals surface area contributed by atoms with Crippen molar-refractivity contribution in [2.24, 2.45) is 0 Å². The maximum absolute atomic E-state index is 11.4. The molecule has 1 heterocycles. The lowest BCUT2D eigenvalue weighted by atomic mass is 9.99. The molecule has 0 aliphatic carbocycles. The molecule has 1 aromatic rings. The van der Waals surface area contributed by atoms with Gasteiger partial charge in [-0.2, -0.15) is 0 Å². The summed E-state index contributed by atoms with van der Waals surface area (Å²) < 4.78 is 5.41. The second kappa shape index (κ2) is 5.10. The maximum atomic E-state index is 11.4. The number of rotatable bonds is 3. The molecule has 90 valence electrons. The van der Waals surface area contributed by atoms with Crippen LogP contribution in [0.4, 0.5) is 0 Å². The van der Waals surface area contributed by atoms with E-state index in [1.807, 2.05) is 24.3 Å². The molecule has 4 nitrogen and oxygen atoms in total. The number of nitrogens with one attached hydrogen (secondary N) is 1. The number of amides is 1. The largest absolute Gasteiger partial charge is 0.366 e. The molecule has 0 spiro atoms. The monoisotopic (exact) mass is 233 g/mol. The Bertz CT molecular complexity index is 432. The minimum atomic E-state index is -0.0823. The van der Waals surface area contributed by atoms with E-state index < -0.39 is 0 Å². The van der Waals surface area contributed by atoms with Gasteiger partial charge in [-0.15, -0.1) is 0 Å². The van der Waals surface area contributed by atoms with Gasteiger partial charge >= 0.3 is 0 Å². The van der Waals surface area contributed by atoms with Crippen LogP contribution in [0.5, 0.6) is 0 Å². The molecular formula is C13H15NO3. The van der Waals surface area contributed by atoms with Gasteiger partial charge < -0.3 is 10.1 Å². The van der Waals surface area contributed by atoms with E-state index in [1.54, 1.807) is 6.92 Å². The fourth-order valence-corrected chi connectivity index (χ4v) is 1.95. The van der Waals surface area contributed by atoms with E-state index in [2.05, 4.69) is 5.32 Å². The second-order valence-electron chi connectivity index (χ2n) is 4.15. The Kier molecular flexibility index (Phi) is 3.54. The molecule has 1 aliphatic rings. The number of ether oxygens (including phenoxy) is 1. The highest BCUT2D eigenvalue weighted by molar-refractivity contribution is 5.95. The van der Waals surface area contributed by atoms with Crippen LogP contribution in [0.3, 0.4) is 0 Å². The van der Waals surface area contributed by atoms with Crippen molar-refractivity contribution in [3.05, 3.63) is 35.4 Å². The fourth-order valence-electron chi connectivity index (χ4n) is 1.95. The lowest BCUT2D eigenvalue weighted by Gasteiger charge is -2.23. The first kappa shape index (κ1) is 11.8. The van der Waals surface area contributed by atoms with Crippen LogP contribution in [-0.2, 0) is 16.0 Å². The van der Waals surface area contributed by atoms with Crippen LogP contribution in [0.1, 0.15) is 22.8 Å². The summed E-state index contributed by atoms with van der Waals surface area (Å²) in [5.41, 5.74) is 1.70. The van der Waals surface area contributed by atoms with Gasteiger partial charge in [-0.05, 0) is 12.5 Å². The molecular weight excluding hydrogens is 218 g/mol. The van der Waals surface area contributed by atoms with Gasteiger partial charge in [0.15, 0.2) is 5.78 Å². The molecule has 0 aromatic heterocycles. The van der Waals surface area contributed by atoms with E-state index >= 15 is 0 Å². The van der Waals surface area contributed by atoms with E-state index in [4.69, 9.17) is 4.74 Å². The first-order chi connectivity index (χ1) is 8.16. The van der Waals surface area contributed by atoms with E-state index in [-0.39, 0.29) is 24.4 Å². The summed E-state index contributed by atoms with van der Waals surface area (Å²) in [6.45, 7) is 2.17. The first-order valence-corrected chi connectivity index (χ1v) is 5.64. The molecule has 1 amide bonds. The third-order valence-corrected chi connectivity index (χ3v) is 2.82. The summed E-state index contributed by atoms with van der Waals surface area (Å²) in [4.78, 5) is 22.4. The Hall–Kier alpha value is -1.68. The number of hydrogen-bond donors (Lipinski definition) is 1.